The standard InChI is InChI=1S/C21H24N4O/c26-20(19-8-4-13-25(16-19)21-22-11-5-12-23-21)24-14-9-18(10-15-24)17-6-2-1-3-7-17/h1-3,5-7,9,11-12,19H,4,8,10,13-16H2. The Hall–Kier alpha value is -2.69. The van der Waals surface area contributed by atoms with E-state index in [9.17, 15) is 4.79 Å². The number of piperidine rings is 1. The minimum Gasteiger partial charge on any atom is -0.340 e. The molecule has 1 aromatic heterocycles. The molecule has 5 nitrogen and oxygen atoms in total. The molecule has 0 saturated carbocycles. The fourth-order valence-corrected chi connectivity index (χ4v) is 3.86. The van der Waals surface area contributed by atoms with Gasteiger partial charge in [0.15, 0.2) is 0 Å². The average Bonchev–Trinajstić information content (AvgIpc) is 2.75. The van der Waals surface area contributed by atoms with Gasteiger partial charge in [0, 0.05) is 38.6 Å². The van der Waals surface area contributed by atoms with Crippen LogP contribution in [0.4, 0.5) is 5.95 Å². The van der Waals surface area contributed by atoms with Crippen molar-refractivity contribution < 1.29 is 4.79 Å². The second-order valence-electron chi connectivity index (χ2n) is 6.96. The maximum Gasteiger partial charge on any atom is 0.227 e. The maximum atomic E-state index is 13.0. The molecule has 2 aromatic rings. The largest absolute Gasteiger partial charge is 0.340 e. The Labute approximate surface area is 154 Å². The summed E-state index contributed by atoms with van der Waals surface area (Å²) in [5.74, 6) is 1.04. The molecule has 4 rings (SSSR count). The Kier molecular flexibility index (Phi) is 4.95. The van der Waals surface area contributed by atoms with Crippen LogP contribution < -0.4 is 4.90 Å². The van der Waals surface area contributed by atoms with E-state index in [1.807, 2.05) is 17.0 Å². The second kappa shape index (κ2) is 7.68. The highest BCUT2D eigenvalue weighted by Crippen LogP contribution is 2.26. The molecule has 0 aliphatic carbocycles. The molecule has 0 N–H and O–H groups in total. The number of hydrogen-bond donors (Lipinski definition) is 0. The minimum absolute atomic E-state index is 0.0410. The predicted molar refractivity (Wildman–Crippen MR) is 103 cm³/mol. The zero-order chi connectivity index (χ0) is 17.8. The van der Waals surface area contributed by atoms with Crippen LogP contribution in [0.5, 0.6) is 0 Å². The van der Waals surface area contributed by atoms with E-state index in [-0.39, 0.29) is 11.8 Å². The van der Waals surface area contributed by atoms with Crippen molar-refractivity contribution in [3.63, 3.8) is 0 Å². The number of carbonyl (C=O) groups excluding carboxylic acids is 1. The van der Waals surface area contributed by atoms with Crippen molar-refractivity contribution in [1.82, 2.24) is 14.9 Å². The summed E-state index contributed by atoms with van der Waals surface area (Å²) < 4.78 is 0. The summed E-state index contributed by atoms with van der Waals surface area (Å²) in [7, 11) is 0. The zero-order valence-corrected chi connectivity index (χ0v) is 14.9. The molecular weight excluding hydrogens is 324 g/mol. The highest BCUT2D eigenvalue weighted by Gasteiger charge is 2.30. The SMILES string of the molecule is O=C(C1CCCN(c2ncccn2)C1)N1CC=C(c2ccccc2)CC1. The lowest BCUT2D eigenvalue weighted by atomic mass is 9.94. The number of aromatic nitrogens is 2. The number of hydrogen-bond acceptors (Lipinski definition) is 4. The fraction of sp³-hybridized carbons (Fsp3) is 0.381. The smallest absolute Gasteiger partial charge is 0.227 e. The van der Waals surface area contributed by atoms with Gasteiger partial charge in [0.2, 0.25) is 11.9 Å². The lowest BCUT2D eigenvalue weighted by molar-refractivity contribution is -0.135. The molecule has 0 radical (unpaired) electrons. The van der Waals surface area contributed by atoms with E-state index < -0.39 is 0 Å². The molecule has 1 saturated heterocycles. The molecule has 1 amide bonds. The monoisotopic (exact) mass is 348 g/mol. The van der Waals surface area contributed by atoms with Crippen LogP contribution in [-0.2, 0) is 4.79 Å². The van der Waals surface area contributed by atoms with Crippen LogP contribution in [0.1, 0.15) is 24.8 Å². The van der Waals surface area contributed by atoms with Gasteiger partial charge in [0.1, 0.15) is 0 Å². The number of nitrogens with zero attached hydrogens (tertiary/aromatic N) is 4. The number of anilines is 1. The third kappa shape index (κ3) is 3.62. The molecule has 2 aliphatic heterocycles. The molecule has 1 atom stereocenters. The molecule has 134 valence electrons. The summed E-state index contributed by atoms with van der Waals surface area (Å²) >= 11 is 0. The van der Waals surface area contributed by atoms with E-state index in [2.05, 4.69) is 45.2 Å². The lowest BCUT2D eigenvalue weighted by Gasteiger charge is -2.36. The molecule has 3 heterocycles. The third-order valence-electron chi connectivity index (χ3n) is 5.27. The molecule has 1 aromatic carbocycles. The van der Waals surface area contributed by atoms with E-state index in [0.717, 1.165) is 38.3 Å². The molecule has 26 heavy (non-hydrogen) atoms. The number of carbonyl (C=O) groups is 1. The van der Waals surface area contributed by atoms with Crippen molar-refractivity contribution in [3.8, 4) is 0 Å². The Morgan fingerprint density at radius 2 is 1.85 bits per heavy atom. The van der Waals surface area contributed by atoms with E-state index >= 15 is 0 Å². The van der Waals surface area contributed by atoms with Gasteiger partial charge in [-0.05, 0) is 36.5 Å². The first kappa shape index (κ1) is 16.8. The van der Waals surface area contributed by atoms with Gasteiger partial charge >= 0.3 is 0 Å². The number of rotatable bonds is 3. The summed E-state index contributed by atoms with van der Waals surface area (Å²) in [6.45, 7) is 3.15. The molecular formula is C21H24N4O. The summed E-state index contributed by atoms with van der Waals surface area (Å²) in [5, 5.41) is 0. The van der Waals surface area contributed by atoms with Crippen LogP contribution in [0, 0.1) is 5.92 Å². The van der Waals surface area contributed by atoms with Crippen molar-refractivity contribution in [2.45, 2.75) is 19.3 Å². The van der Waals surface area contributed by atoms with Gasteiger partial charge in [-0.3, -0.25) is 4.79 Å². The Morgan fingerprint density at radius 1 is 1.04 bits per heavy atom. The fourth-order valence-electron chi connectivity index (χ4n) is 3.86. The number of benzene rings is 1. The molecule has 1 fully saturated rings. The zero-order valence-electron chi connectivity index (χ0n) is 14.9. The Balaban J connectivity index is 1.40. The topological polar surface area (TPSA) is 49.3 Å². The maximum absolute atomic E-state index is 13.0. The highest BCUT2D eigenvalue weighted by atomic mass is 16.2. The van der Waals surface area contributed by atoms with Gasteiger partial charge in [0.05, 0.1) is 5.92 Å². The number of amides is 1. The van der Waals surface area contributed by atoms with Gasteiger partial charge in [0.25, 0.3) is 0 Å². The first-order chi connectivity index (χ1) is 12.8. The van der Waals surface area contributed by atoms with Crippen LogP contribution in [0.15, 0.2) is 54.9 Å². The van der Waals surface area contributed by atoms with Crippen LogP contribution in [0.25, 0.3) is 5.57 Å². The van der Waals surface area contributed by atoms with E-state index in [1.165, 1.54) is 11.1 Å². The molecule has 0 spiro atoms. The third-order valence-corrected chi connectivity index (χ3v) is 5.27. The van der Waals surface area contributed by atoms with Gasteiger partial charge in [-0.1, -0.05) is 36.4 Å². The Morgan fingerprint density at radius 3 is 2.58 bits per heavy atom. The summed E-state index contributed by atoms with van der Waals surface area (Å²) in [6.07, 6.45) is 8.61. The molecule has 0 bridgehead atoms. The van der Waals surface area contributed by atoms with Crippen LogP contribution >= 0.6 is 0 Å². The van der Waals surface area contributed by atoms with E-state index in [0.29, 0.717) is 13.1 Å². The molecule has 1 unspecified atom stereocenters. The van der Waals surface area contributed by atoms with Crippen LogP contribution in [0.3, 0.4) is 0 Å². The second-order valence-corrected chi connectivity index (χ2v) is 6.96. The van der Waals surface area contributed by atoms with Gasteiger partial charge in [-0.15, -0.1) is 0 Å². The normalized spacial score (nSPS) is 20.6. The van der Waals surface area contributed by atoms with Crippen LogP contribution in [0.2, 0.25) is 0 Å². The van der Waals surface area contributed by atoms with Crippen LogP contribution in [-0.4, -0.2) is 47.0 Å². The van der Waals surface area contributed by atoms with E-state index in [4.69, 9.17) is 0 Å². The lowest BCUT2D eigenvalue weighted by Crippen LogP contribution is -2.46. The first-order valence-electron chi connectivity index (χ1n) is 9.36. The van der Waals surface area contributed by atoms with Gasteiger partial charge < -0.3 is 9.80 Å². The summed E-state index contributed by atoms with van der Waals surface area (Å²) in [6, 6.07) is 12.3. The highest BCUT2D eigenvalue weighted by molar-refractivity contribution is 5.81. The summed E-state index contributed by atoms with van der Waals surface area (Å²) in [5.41, 5.74) is 2.61. The minimum atomic E-state index is 0.0410. The van der Waals surface area contributed by atoms with Crippen molar-refractivity contribution in [2.75, 3.05) is 31.1 Å². The predicted octanol–water partition coefficient (Wildman–Crippen LogP) is 3.01. The molecule has 2 aliphatic rings. The van der Waals surface area contributed by atoms with E-state index in [1.54, 1.807) is 12.4 Å². The van der Waals surface area contributed by atoms with Crippen molar-refractivity contribution in [3.05, 3.63) is 60.4 Å². The van der Waals surface area contributed by atoms with Gasteiger partial charge in [-0.25, -0.2) is 9.97 Å². The van der Waals surface area contributed by atoms with Crippen molar-refractivity contribution in [1.29, 1.82) is 0 Å². The van der Waals surface area contributed by atoms with Crippen molar-refractivity contribution in [2.24, 2.45) is 5.92 Å². The first-order valence-corrected chi connectivity index (χ1v) is 9.36. The summed E-state index contributed by atoms with van der Waals surface area (Å²) in [4.78, 5) is 25.8. The quantitative estimate of drug-likeness (QED) is 0.856. The van der Waals surface area contributed by atoms with Gasteiger partial charge in [-0.2, -0.15) is 0 Å². The molecule has 5 heteroatoms. The Bertz CT molecular complexity index is 775. The average molecular weight is 348 g/mol. The van der Waals surface area contributed by atoms with Crippen molar-refractivity contribution >= 4 is 17.4 Å².